The Morgan fingerprint density at radius 2 is 1.75 bits per heavy atom. The van der Waals surface area contributed by atoms with Crippen molar-refractivity contribution in [2.45, 2.75) is 13.8 Å². The van der Waals surface area contributed by atoms with Gasteiger partial charge in [-0.05, 0) is 23.8 Å². The second-order valence-electron chi connectivity index (χ2n) is 4.78. The summed E-state index contributed by atoms with van der Waals surface area (Å²) in [6.07, 6.45) is 1.72. The summed E-state index contributed by atoms with van der Waals surface area (Å²) >= 11 is 0. The van der Waals surface area contributed by atoms with Gasteiger partial charge in [-0.25, -0.2) is 4.99 Å². The molecule has 1 aliphatic heterocycles. The minimum absolute atomic E-state index is 0.185. The number of carbonyl (C=O) groups is 1. The number of nitrogens with one attached hydrogen (secondary N) is 1. The largest absolute Gasteiger partial charge is 0.497 e. The molecule has 5 heteroatoms. The monoisotopic (exact) mass is 274 g/mol. The second kappa shape index (κ2) is 5.77. The Labute approximate surface area is 118 Å². The van der Waals surface area contributed by atoms with Crippen LogP contribution in [-0.2, 0) is 4.79 Å². The quantitative estimate of drug-likeness (QED) is 0.856. The summed E-state index contributed by atoms with van der Waals surface area (Å²) in [4.78, 5) is 16.2. The fourth-order valence-corrected chi connectivity index (χ4v) is 1.83. The molecule has 0 unspecified atom stereocenters. The van der Waals surface area contributed by atoms with E-state index in [-0.39, 0.29) is 11.8 Å². The van der Waals surface area contributed by atoms with Crippen molar-refractivity contribution in [1.82, 2.24) is 5.32 Å². The van der Waals surface area contributed by atoms with Gasteiger partial charge in [0.05, 0.1) is 14.2 Å². The molecular weight excluding hydrogens is 256 g/mol. The smallest absolute Gasteiger partial charge is 0.275 e. The van der Waals surface area contributed by atoms with E-state index in [1.807, 2.05) is 26.0 Å². The molecule has 5 nitrogen and oxygen atoms in total. The van der Waals surface area contributed by atoms with E-state index in [0.717, 1.165) is 5.56 Å². The van der Waals surface area contributed by atoms with Crippen molar-refractivity contribution in [2.75, 3.05) is 14.2 Å². The molecule has 1 heterocycles. The minimum Gasteiger partial charge on any atom is -0.497 e. The van der Waals surface area contributed by atoms with E-state index in [9.17, 15) is 4.79 Å². The fourth-order valence-electron chi connectivity index (χ4n) is 1.83. The molecule has 0 radical (unpaired) electrons. The first-order valence-corrected chi connectivity index (χ1v) is 6.38. The molecule has 1 amide bonds. The number of rotatable bonds is 4. The van der Waals surface area contributed by atoms with E-state index in [4.69, 9.17) is 9.47 Å². The number of hydrogen-bond acceptors (Lipinski definition) is 4. The van der Waals surface area contributed by atoms with Gasteiger partial charge in [0, 0.05) is 12.0 Å². The van der Waals surface area contributed by atoms with Crippen LogP contribution in [0.5, 0.6) is 11.5 Å². The number of benzene rings is 1. The van der Waals surface area contributed by atoms with Crippen LogP contribution in [0.1, 0.15) is 19.4 Å². The number of amidine groups is 1. The highest BCUT2D eigenvalue weighted by atomic mass is 16.5. The third-order valence-corrected chi connectivity index (χ3v) is 2.94. The zero-order valence-electron chi connectivity index (χ0n) is 12.1. The van der Waals surface area contributed by atoms with Crippen LogP contribution in [-0.4, -0.2) is 26.0 Å². The molecule has 20 heavy (non-hydrogen) atoms. The highest BCUT2D eigenvalue weighted by Gasteiger charge is 2.21. The van der Waals surface area contributed by atoms with E-state index in [2.05, 4.69) is 10.3 Å². The van der Waals surface area contributed by atoms with Crippen molar-refractivity contribution in [3.05, 3.63) is 29.5 Å². The van der Waals surface area contributed by atoms with E-state index in [0.29, 0.717) is 23.0 Å². The Balaban J connectivity index is 2.37. The van der Waals surface area contributed by atoms with Gasteiger partial charge in [0.15, 0.2) is 0 Å². The average molecular weight is 274 g/mol. The van der Waals surface area contributed by atoms with Crippen molar-refractivity contribution in [1.29, 1.82) is 0 Å². The molecule has 0 aromatic heterocycles. The molecule has 0 bridgehead atoms. The molecule has 0 spiro atoms. The second-order valence-corrected chi connectivity index (χ2v) is 4.78. The molecule has 1 aromatic carbocycles. The van der Waals surface area contributed by atoms with Crippen LogP contribution in [0.25, 0.3) is 6.08 Å². The van der Waals surface area contributed by atoms with Gasteiger partial charge in [0.2, 0.25) is 0 Å². The highest BCUT2D eigenvalue weighted by Crippen LogP contribution is 2.25. The summed E-state index contributed by atoms with van der Waals surface area (Å²) in [5.41, 5.74) is 1.20. The maximum absolute atomic E-state index is 11.8. The Morgan fingerprint density at radius 3 is 2.20 bits per heavy atom. The lowest BCUT2D eigenvalue weighted by Gasteiger charge is -2.05. The zero-order valence-corrected chi connectivity index (χ0v) is 12.1. The Hall–Kier alpha value is -2.30. The third-order valence-electron chi connectivity index (χ3n) is 2.94. The highest BCUT2D eigenvalue weighted by molar-refractivity contribution is 6.14. The van der Waals surface area contributed by atoms with Crippen molar-refractivity contribution in [2.24, 2.45) is 10.9 Å². The van der Waals surface area contributed by atoms with Crippen LogP contribution in [0, 0.1) is 5.92 Å². The van der Waals surface area contributed by atoms with Gasteiger partial charge in [-0.15, -0.1) is 0 Å². The molecule has 2 rings (SSSR count). The normalized spacial score (nSPS) is 16.4. The van der Waals surface area contributed by atoms with Crippen LogP contribution in [0.2, 0.25) is 0 Å². The van der Waals surface area contributed by atoms with Crippen molar-refractivity contribution in [3.8, 4) is 11.5 Å². The first kappa shape index (κ1) is 14.1. The van der Waals surface area contributed by atoms with Gasteiger partial charge in [-0.3, -0.25) is 4.79 Å². The van der Waals surface area contributed by atoms with Gasteiger partial charge >= 0.3 is 0 Å². The molecule has 106 valence electrons. The Morgan fingerprint density at radius 1 is 1.15 bits per heavy atom. The van der Waals surface area contributed by atoms with Crippen LogP contribution < -0.4 is 14.8 Å². The van der Waals surface area contributed by atoms with E-state index in [1.165, 1.54) is 0 Å². The fraction of sp³-hybridized carbons (Fsp3) is 0.333. The number of methoxy groups -OCH3 is 2. The SMILES string of the molecule is COc1cc(/C=C2/N=C(C(C)C)NC2=O)cc(OC)c1. The molecule has 0 atom stereocenters. The number of aliphatic imine (C=N–C) groups is 1. The lowest BCUT2D eigenvalue weighted by molar-refractivity contribution is -0.115. The Bertz CT molecular complexity index is 567. The number of ether oxygens (including phenoxy) is 2. The molecule has 1 N–H and O–H groups in total. The number of carbonyl (C=O) groups excluding carboxylic acids is 1. The lowest BCUT2D eigenvalue weighted by atomic mass is 10.1. The van der Waals surface area contributed by atoms with Crippen LogP contribution in [0.15, 0.2) is 28.9 Å². The summed E-state index contributed by atoms with van der Waals surface area (Å²) in [7, 11) is 3.17. The molecule has 1 aliphatic rings. The van der Waals surface area contributed by atoms with E-state index >= 15 is 0 Å². The number of amides is 1. The summed E-state index contributed by atoms with van der Waals surface area (Å²) in [6, 6.07) is 5.43. The molecule has 0 saturated carbocycles. The van der Waals surface area contributed by atoms with Crippen molar-refractivity contribution < 1.29 is 14.3 Å². The number of nitrogens with zero attached hydrogens (tertiary/aromatic N) is 1. The number of hydrogen-bond donors (Lipinski definition) is 1. The summed E-state index contributed by atoms with van der Waals surface area (Å²) in [5, 5.41) is 2.76. The molecule has 0 fully saturated rings. The van der Waals surface area contributed by atoms with Crippen molar-refractivity contribution >= 4 is 17.8 Å². The summed E-state index contributed by atoms with van der Waals surface area (Å²) < 4.78 is 10.4. The Kier molecular flexibility index (Phi) is 4.08. The van der Waals surface area contributed by atoms with E-state index < -0.39 is 0 Å². The zero-order chi connectivity index (χ0) is 14.7. The van der Waals surface area contributed by atoms with Gasteiger partial charge in [0.1, 0.15) is 23.0 Å². The maximum atomic E-state index is 11.8. The van der Waals surface area contributed by atoms with Gasteiger partial charge in [-0.1, -0.05) is 13.8 Å². The van der Waals surface area contributed by atoms with Crippen LogP contribution in [0.3, 0.4) is 0 Å². The maximum Gasteiger partial charge on any atom is 0.275 e. The van der Waals surface area contributed by atoms with Crippen LogP contribution in [0.4, 0.5) is 0 Å². The topological polar surface area (TPSA) is 59.9 Å². The summed E-state index contributed by atoms with van der Waals surface area (Å²) in [6.45, 7) is 3.97. The summed E-state index contributed by atoms with van der Waals surface area (Å²) in [5.74, 6) is 2.03. The first-order valence-electron chi connectivity index (χ1n) is 6.38. The van der Waals surface area contributed by atoms with E-state index in [1.54, 1.807) is 26.4 Å². The predicted octanol–water partition coefficient (Wildman–Crippen LogP) is 2.23. The molecule has 0 saturated heterocycles. The predicted molar refractivity (Wildman–Crippen MR) is 77.9 cm³/mol. The van der Waals surface area contributed by atoms with Gasteiger partial charge in [0.25, 0.3) is 5.91 Å². The lowest BCUT2D eigenvalue weighted by Crippen LogP contribution is -2.27. The first-order chi connectivity index (χ1) is 9.53. The average Bonchev–Trinajstić information content (AvgIpc) is 2.80. The van der Waals surface area contributed by atoms with Gasteiger partial charge < -0.3 is 14.8 Å². The standard InChI is InChI=1S/C15H18N2O3/c1-9(2)14-16-13(15(18)17-14)7-10-5-11(19-3)8-12(6-10)20-4/h5-9H,1-4H3,(H,16,17,18)/b13-7+. The van der Waals surface area contributed by atoms with Crippen molar-refractivity contribution in [3.63, 3.8) is 0 Å². The molecular formula is C15H18N2O3. The molecule has 1 aromatic rings. The minimum atomic E-state index is -0.185. The van der Waals surface area contributed by atoms with Crippen LogP contribution >= 0.6 is 0 Å². The third kappa shape index (κ3) is 2.99. The van der Waals surface area contributed by atoms with Gasteiger partial charge in [-0.2, -0.15) is 0 Å². The molecule has 0 aliphatic carbocycles.